The molecule has 88 valence electrons. The second-order valence-electron chi connectivity index (χ2n) is 3.64. The van der Waals surface area contributed by atoms with Gasteiger partial charge in [0.2, 0.25) is 5.91 Å². The van der Waals surface area contributed by atoms with Crippen LogP contribution < -0.4 is 5.32 Å². The summed E-state index contributed by atoms with van der Waals surface area (Å²) in [6, 6.07) is 0. The van der Waals surface area contributed by atoms with E-state index in [4.69, 9.17) is 5.11 Å². The SMILES string of the molecule is CN(C)C(=O)CCNCCCCC(=O)O. The Morgan fingerprint density at radius 1 is 1.13 bits per heavy atom. The number of unbranched alkanes of at least 4 members (excludes halogenated alkanes) is 1. The van der Waals surface area contributed by atoms with E-state index in [1.807, 2.05) is 0 Å². The molecule has 0 atom stereocenters. The highest BCUT2D eigenvalue weighted by atomic mass is 16.4. The van der Waals surface area contributed by atoms with E-state index in [1.54, 1.807) is 19.0 Å². The standard InChI is InChI=1S/C10H20N2O3/c1-12(2)9(13)6-8-11-7-4-3-5-10(14)15/h11H,3-8H2,1-2H3,(H,14,15). The average Bonchev–Trinajstić information content (AvgIpc) is 2.15. The summed E-state index contributed by atoms with van der Waals surface area (Å²) in [5.74, 6) is -0.647. The number of carbonyl (C=O) groups is 2. The van der Waals surface area contributed by atoms with Crippen molar-refractivity contribution >= 4 is 11.9 Å². The van der Waals surface area contributed by atoms with E-state index in [0.29, 0.717) is 19.4 Å². The highest BCUT2D eigenvalue weighted by Gasteiger charge is 2.02. The number of rotatable bonds is 8. The van der Waals surface area contributed by atoms with Crippen molar-refractivity contribution in [1.29, 1.82) is 0 Å². The summed E-state index contributed by atoms with van der Waals surface area (Å²) in [6.45, 7) is 1.43. The number of nitrogens with zero attached hydrogens (tertiary/aromatic N) is 1. The molecular formula is C10H20N2O3. The summed E-state index contributed by atoms with van der Waals surface area (Å²) >= 11 is 0. The van der Waals surface area contributed by atoms with Gasteiger partial charge in [-0.05, 0) is 19.4 Å². The van der Waals surface area contributed by atoms with Crippen LogP contribution in [0.4, 0.5) is 0 Å². The summed E-state index contributed by atoms with van der Waals surface area (Å²) in [7, 11) is 3.46. The molecule has 0 aromatic rings. The van der Waals surface area contributed by atoms with Gasteiger partial charge in [0.05, 0.1) is 0 Å². The van der Waals surface area contributed by atoms with Crippen molar-refractivity contribution < 1.29 is 14.7 Å². The second kappa shape index (κ2) is 8.23. The van der Waals surface area contributed by atoms with Gasteiger partial charge < -0.3 is 15.3 Å². The maximum Gasteiger partial charge on any atom is 0.303 e. The van der Waals surface area contributed by atoms with E-state index >= 15 is 0 Å². The number of amides is 1. The van der Waals surface area contributed by atoms with Gasteiger partial charge in [-0.2, -0.15) is 0 Å². The Bertz CT molecular complexity index is 205. The highest BCUT2D eigenvalue weighted by Crippen LogP contribution is 1.93. The van der Waals surface area contributed by atoms with E-state index in [1.165, 1.54) is 0 Å². The first-order chi connectivity index (χ1) is 7.04. The fourth-order valence-electron chi connectivity index (χ4n) is 1.07. The van der Waals surface area contributed by atoms with Gasteiger partial charge in [-0.25, -0.2) is 0 Å². The molecule has 0 spiro atoms. The molecule has 5 heteroatoms. The van der Waals surface area contributed by atoms with E-state index in [2.05, 4.69) is 5.32 Å². The van der Waals surface area contributed by atoms with Crippen molar-refractivity contribution in [2.75, 3.05) is 27.2 Å². The molecule has 0 fully saturated rings. The van der Waals surface area contributed by atoms with Crippen LogP contribution in [0.5, 0.6) is 0 Å². The van der Waals surface area contributed by atoms with Crippen LogP contribution in [0.1, 0.15) is 25.7 Å². The van der Waals surface area contributed by atoms with Crippen LogP contribution >= 0.6 is 0 Å². The molecule has 0 aliphatic heterocycles. The van der Waals surface area contributed by atoms with Gasteiger partial charge in [0, 0.05) is 33.5 Å². The van der Waals surface area contributed by atoms with Gasteiger partial charge in [-0.1, -0.05) is 0 Å². The molecule has 0 unspecified atom stereocenters. The zero-order chi connectivity index (χ0) is 11.7. The zero-order valence-corrected chi connectivity index (χ0v) is 9.45. The number of carbonyl (C=O) groups excluding carboxylic acids is 1. The van der Waals surface area contributed by atoms with Gasteiger partial charge in [0.1, 0.15) is 0 Å². The van der Waals surface area contributed by atoms with Gasteiger partial charge in [0.25, 0.3) is 0 Å². The Morgan fingerprint density at radius 2 is 1.80 bits per heavy atom. The van der Waals surface area contributed by atoms with Gasteiger partial charge in [-0.15, -0.1) is 0 Å². The lowest BCUT2D eigenvalue weighted by atomic mass is 10.2. The monoisotopic (exact) mass is 216 g/mol. The third-order valence-electron chi connectivity index (χ3n) is 2.01. The molecular weight excluding hydrogens is 196 g/mol. The van der Waals surface area contributed by atoms with Crippen LogP contribution in [0.25, 0.3) is 0 Å². The Labute approximate surface area is 90.5 Å². The van der Waals surface area contributed by atoms with Gasteiger partial charge in [0.15, 0.2) is 0 Å². The minimum absolute atomic E-state index is 0.105. The molecule has 0 aliphatic rings. The summed E-state index contributed by atoms with van der Waals surface area (Å²) in [5, 5.41) is 11.5. The van der Waals surface area contributed by atoms with Crippen molar-refractivity contribution in [2.45, 2.75) is 25.7 Å². The first-order valence-corrected chi connectivity index (χ1v) is 5.16. The normalized spacial score (nSPS) is 10.0. The number of hydrogen-bond acceptors (Lipinski definition) is 3. The largest absolute Gasteiger partial charge is 0.481 e. The molecule has 1 amide bonds. The lowest BCUT2D eigenvalue weighted by Gasteiger charge is -2.10. The maximum atomic E-state index is 11.1. The lowest BCUT2D eigenvalue weighted by molar-refractivity contribution is -0.137. The Balaban J connectivity index is 3.18. The summed E-state index contributed by atoms with van der Waals surface area (Å²) in [5.41, 5.74) is 0. The molecule has 0 aromatic carbocycles. The van der Waals surface area contributed by atoms with E-state index in [0.717, 1.165) is 13.0 Å². The number of nitrogens with one attached hydrogen (secondary N) is 1. The molecule has 5 nitrogen and oxygen atoms in total. The van der Waals surface area contributed by atoms with E-state index in [9.17, 15) is 9.59 Å². The van der Waals surface area contributed by atoms with Crippen LogP contribution in [-0.2, 0) is 9.59 Å². The number of hydrogen-bond donors (Lipinski definition) is 2. The molecule has 2 N–H and O–H groups in total. The molecule has 0 aliphatic carbocycles. The molecule has 0 heterocycles. The molecule has 0 aromatic heterocycles. The number of aliphatic carboxylic acids is 1. The number of carboxylic acids is 1. The predicted molar refractivity (Wildman–Crippen MR) is 57.7 cm³/mol. The molecule has 0 radical (unpaired) electrons. The first kappa shape index (κ1) is 13.9. The highest BCUT2D eigenvalue weighted by molar-refractivity contribution is 5.75. The maximum absolute atomic E-state index is 11.1. The minimum atomic E-state index is -0.752. The van der Waals surface area contributed by atoms with Crippen LogP contribution in [0, 0.1) is 0 Å². The molecule has 15 heavy (non-hydrogen) atoms. The average molecular weight is 216 g/mol. The second-order valence-corrected chi connectivity index (χ2v) is 3.64. The lowest BCUT2D eigenvalue weighted by Crippen LogP contribution is -2.27. The Hall–Kier alpha value is -1.10. The van der Waals surface area contributed by atoms with Crippen LogP contribution in [0.15, 0.2) is 0 Å². The van der Waals surface area contributed by atoms with Gasteiger partial charge in [-0.3, -0.25) is 9.59 Å². The fourth-order valence-corrected chi connectivity index (χ4v) is 1.07. The summed E-state index contributed by atoms with van der Waals surface area (Å²) in [4.78, 5) is 22.9. The van der Waals surface area contributed by atoms with Crippen molar-refractivity contribution in [1.82, 2.24) is 10.2 Å². The third-order valence-corrected chi connectivity index (χ3v) is 2.01. The van der Waals surface area contributed by atoms with Crippen LogP contribution in [0.3, 0.4) is 0 Å². The van der Waals surface area contributed by atoms with E-state index in [-0.39, 0.29) is 12.3 Å². The number of carboxylic acid groups (broad SMARTS) is 1. The predicted octanol–water partition coefficient (Wildman–Crippen LogP) is 0.309. The van der Waals surface area contributed by atoms with Crippen LogP contribution in [0.2, 0.25) is 0 Å². The quantitative estimate of drug-likeness (QED) is 0.573. The Kier molecular flexibility index (Phi) is 7.62. The topological polar surface area (TPSA) is 69.6 Å². The molecule has 0 saturated carbocycles. The van der Waals surface area contributed by atoms with Crippen molar-refractivity contribution in [3.8, 4) is 0 Å². The minimum Gasteiger partial charge on any atom is -0.481 e. The van der Waals surface area contributed by atoms with Crippen LogP contribution in [-0.4, -0.2) is 49.1 Å². The summed E-state index contributed by atoms with van der Waals surface area (Å²) in [6.07, 6.45) is 2.23. The van der Waals surface area contributed by atoms with Crippen molar-refractivity contribution in [2.24, 2.45) is 0 Å². The Morgan fingerprint density at radius 3 is 2.33 bits per heavy atom. The zero-order valence-electron chi connectivity index (χ0n) is 9.45. The van der Waals surface area contributed by atoms with E-state index < -0.39 is 5.97 Å². The third kappa shape index (κ3) is 9.21. The van der Waals surface area contributed by atoms with Crippen molar-refractivity contribution in [3.05, 3.63) is 0 Å². The summed E-state index contributed by atoms with van der Waals surface area (Å²) < 4.78 is 0. The molecule has 0 rings (SSSR count). The van der Waals surface area contributed by atoms with Gasteiger partial charge >= 0.3 is 5.97 Å². The molecule has 0 saturated heterocycles. The fraction of sp³-hybridized carbons (Fsp3) is 0.800. The van der Waals surface area contributed by atoms with Crippen molar-refractivity contribution in [3.63, 3.8) is 0 Å². The smallest absolute Gasteiger partial charge is 0.303 e. The molecule has 0 bridgehead atoms. The first-order valence-electron chi connectivity index (χ1n) is 5.16.